The van der Waals surface area contributed by atoms with E-state index in [4.69, 9.17) is 21.1 Å². The maximum absolute atomic E-state index is 13.0. The SMILES string of the molecule is CC(C)(C)OC(=O)N1C(CCCNc2cccc(SNC(=O)c3ccc(N4C=CC(OCC5C6(CC6)C56CC6)N4)nc3Cl)n2)CCC1(C)C. The molecule has 3 saturated carbocycles. The molecule has 11 nitrogen and oxygen atoms in total. The Labute approximate surface area is 298 Å². The van der Waals surface area contributed by atoms with E-state index in [0.717, 1.165) is 50.2 Å². The van der Waals surface area contributed by atoms with Crippen molar-refractivity contribution in [3.8, 4) is 0 Å². The van der Waals surface area contributed by atoms with Crippen molar-refractivity contribution in [1.29, 1.82) is 0 Å². The second-order valence-corrected chi connectivity index (χ2v) is 17.0. The lowest BCUT2D eigenvalue weighted by molar-refractivity contribution is 0.00293. The van der Waals surface area contributed by atoms with E-state index in [1.54, 1.807) is 17.1 Å². The van der Waals surface area contributed by atoms with Crippen molar-refractivity contribution < 1.29 is 19.1 Å². The lowest BCUT2D eigenvalue weighted by atomic mass is 10.0. The lowest BCUT2D eigenvalue weighted by Crippen LogP contribution is -2.49. The molecule has 2 aromatic rings. The van der Waals surface area contributed by atoms with Crippen LogP contribution in [-0.4, -0.2) is 63.4 Å². The highest BCUT2D eigenvalue weighted by Crippen LogP contribution is 2.92. The molecule has 1 saturated heterocycles. The number of hydrogen-bond donors (Lipinski definition) is 3. The van der Waals surface area contributed by atoms with Gasteiger partial charge in [-0.1, -0.05) is 17.7 Å². The number of aromatic nitrogens is 2. The number of ether oxygens (including phenoxy) is 2. The van der Waals surface area contributed by atoms with Gasteiger partial charge in [0, 0.05) is 36.3 Å². The first kappa shape index (κ1) is 34.4. The molecule has 3 N–H and O–H groups in total. The number of nitrogens with zero attached hydrogens (tertiary/aromatic N) is 4. The Morgan fingerprint density at radius 1 is 1.08 bits per heavy atom. The molecule has 2 aromatic heterocycles. The minimum atomic E-state index is -0.527. The van der Waals surface area contributed by atoms with Crippen molar-refractivity contribution in [2.75, 3.05) is 23.5 Å². The van der Waals surface area contributed by atoms with Crippen LogP contribution >= 0.6 is 23.5 Å². The fraction of sp³-hybridized carbons (Fsp3) is 0.611. The third kappa shape index (κ3) is 7.11. The molecule has 5 aliphatic rings. The maximum Gasteiger partial charge on any atom is 0.410 e. The zero-order valence-corrected chi connectivity index (χ0v) is 30.6. The minimum absolute atomic E-state index is 0.110. The summed E-state index contributed by atoms with van der Waals surface area (Å²) in [5.74, 6) is 1.65. The summed E-state index contributed by atoms with van der Waals surface area (Å²) in [6, 6.07) is 9.19. The Morgan fingerprint density at radius 2 is 1.84 bits per heavy atom. The van der Waals surface area contributed by atoms with Gasteiger partial charge in [0.15, 0.2) is 0 Å². The first-order chi connectivity index (χ1) is 23.3. The van der Waals surface area contributed by atoms with Crippen LogP contribution in [0.4, 0.5) is 16.4 Å². The average Bonchev–Trinajstić information content (AvgIpc) is 3.99. The molecule has 0 aromatic carbocycles. The van der Waals surface area contributed by atoms with Gasteiger partial charge in [0.2, 0.25) is 0 Å². The summed E-state index contributed by atoms with van der Waals surface area (Å²) >= 11 is 7.60. The molecule has 2 spiro atoms. The van der Waals surface area contributed by atoms with Crippen LogP contribution in [0.2, 0.25) is 5.15 Å². The predicted octanol–water partition coefficient (Wildman–Crippen LogP) is 7.31. The number of rotatable bonds is 12. The van der Waals surface area contributed by atoms with Crippen LogP contribution in [0, 0.1) is 16.7 Å². The van der Waals surface area contributed by atoms with Gasteiger partial charge >= 0.3 is 6.09 Å². The van der Waals surface area contributed by atoms with Crippen molar-refractivity contribution >= 4 is 47.2 Å². The fourth-order valence-electron chi connectivity index (χ4n) is 8.19. The van der Waals surface area contributed by atoms with Crippen LogP contribution in [0.15, 0.2) is 47.6 Å². The summed E-state index contributed by atoms with van der Waals surface area (Å²) in [5.41, 5.74) is 4.07. The highest BCUT2D eigenvalue weighted by atomic mass is 35.5. The molecule has 7 rings (SSSR count). The number of hydrogen-bond acceptors (Lipinski definition) is 10. The number of pyridine rings is 2. The van der Waals surface area contributed by atoms with Gasteiger partial charge < -0.3 is 19.7 Å². The quantitative estimate of drug-likeness (QED) is 0.118. The molecular formula is C36H48ClN7O4S. The first-order valence-corrected chi connectivity index (χ1v) is 18.7. The van der Waals surface area contributed by atoms with Gasteiger partial charge in [-0.25, -0.2) is 14.8 Å². The normalized spacial score (nSPS) is 24.0. The molecule has 49 heavy (non-hydrogen) atoms. The van der Waals surface area contributed by atoms with E-state index in [-0.39, 0.29) is 40.5 Å². The van der Waals surface area contributed by atoms with E-state index in [1.807, 2.05) is 56.1 Å². The third-order valence-electron chi connectivity index (χ3n) is 11.0. The number of hydrazine groups is 1. The maximum atomic E-state index is 13.0. The van der Waals surface area contributed by atoms with E-state index < -0.39 is 5.60 Å². The van der Waals surface area contributed by atoms with E-state index in [2.05, 4.69) is 39.3 Å². The Kier molecular flexibility index (Phi) is 9.07. The molecule has 3 aliphatic carbocycles. The van der Waals surface area contributed by atoms with Gasteiger partial charge in [0.1, 0.15) is 33.6 Å². The molecule has 13 heteroatoms. The standard InChI is InChI=1S/C36H48ClN7O4S/c1-33(2,3)48-32(46)44-23(13-15-34(44,4)5)8-7-20-38-26-9-6-10-29(39-26)49-42-31(45)24-11-12-27(40-30(24)37)43-21-14-28(41-43)47-22-25-35(16-17-35)36(25)18-19-36/h6,9-12,14,21,23,25,28,41H,7-8,13,15-20,22H2,1-5H3,(H,38,39)(H,42,45). The second kappa shape index (κ2) is 12.9. The molecule has 4 heterocycles. The zero-order valence-electron chi connectivity index (χ0n) is 29.1. The first-order valence-electron chi connectivity index (χ1n) is 17.5. The van der Waals surface area contributed by atoms with Gasteiger partial charge in [0.05, 0.1) is 12.2 Å². The van der Waals surface area contributed by atoms with Crippen molar-refractivity contribution in [3.63, 3.8) is 0 Å². The average molecular weight is 710 g/mol. The molecule has 0 radical (unpaired) electrons. The smallest absolute Gasteiger partial charge is 0.410 e. The molecule has 4 fully saturated rings. The molecular weight excluding hydrogens is 662 g/mol. The minimum Gasteiger partial charge on any atom is -0.444 e. The van der Waals surface area contributed by atoms with E-state index in [9.17, 15) is 9.59 Å². The lowest BCUT2D eigenvalue weighted by Gasteiger charge is -2.37. The summed E-state index contributed by atoms with van der Waals surface area (Å²) < 4.78 is 14.7. The van der Waals surface area contributed by atoms with Crippen LogP contribution in [0.1, 0.15) is 96.3 Å². The summed E-state index contributed by atoms with van der Waals surface area (Å²) in [7, 11) is 0. The van der Waals surface area contributed by atoms with Gasteiger partial charge in [-0.2, -0.15) is 5.43 Å². The summed E-state index contributed by atoms with van der Waals surface area (Å²) in [6.45, 7) is 11.4. The van der Waals surface area contributed by atoms with Crippen molar-refractivity contribution in [1.82, 2.24) is 25.0 Å². The van der Waals surface area contributed by atoms with Crippen molar-refractivity contribution in [2.24, 2.45) is 16.7 Å². The third-order valence-corrected chi connectivity index (χ3v) is 12.0. The number of nitrogens with one attached hydrogen (secondary N) is 3. The van der Waals surface area contributed by atoms with Crippen LogP contribution in [0.3, 0.4) is 0 Å². The number of carbonyl (C=O) groups is 2. The van der Waals surface area contributed by atoms with Gasteiger partial charge in [-0.3, -0.25) is 14.5 Å². The molecule has 2 amide bonds. The summed E-state index contributed by atoms with van der Waals surface area (Å²) in [4.78, 5) is 37.0. The zero-order chi connectivity index (χ0) is 34.6. The highest BCUT2D eigenvalue weighted by Gasteiger charge is 2.86. The largest absolute Gasteiger partial charge is 0.444 e. The number of amides is 2. The van der Waals surface area contributed by atoms with Crippen LogP contribution in [-0.2, 0) is 9.47 Å². The topological polar surface area (TPSA) is 121 Å². The Bertz CT molecular complexity index is 1600. The number of halogens is 1. The second-order valence-electron chi connectivity index (χ2n) is 15.8. The number of anilines is 2. The van der Waals surface area contributed by atoms with Crippen LogP contribution < -0.4 is 20.5 Å². The molecule has 264 valence electrons. The van der Waals surface area contributed by atoms with Gasteiger partial charge in [-0.15, -0.1) is 0 Å². The van der Waals surface area contributed by atoms with Crippen molar-refractivity contribution in [2.45, 2.75) is 114 Å². The fourth-order valence-corrected chi connectivity index (χ4v) is 9.03. The van der Waals surface area contributed by atoms with Crippen LogP contribution in [0.5, 0.6) is 0 Å². The Hall–Kier alpha value is -3.06. The highest BCUT2D eigenvalue weighted by molar-refractivity contribution is 7.97. The van der Waals surface area contributed by atoms with Crippen molar-refractivity contribution in [3.05, 3.63) is 53.3 Å². The van der Waals surface area contributed by atoms with E-state index in [1.165, 1.54) is 25.7 Å². The molecule has 0 bridgehead atoms. The van der Waals surface area contributed by atoms with E-state index >= 15 is 0 Å². The Morgan fingerprint density at radius 3 is 2.53 bits per heavy atom. The van der Waals surface area contributed by atoms with Gasteiger partial charge in [-0.05, 0) is 133 Å². The number of carbonyl (C=O) groups excluding carboxylic acids is 2. The molecule has 2 unspecified atom stereocenters. The number of fused-ring (bicyclic) bond motifs is 1. The monoisotopic (exact) mass is 709 g/mol. The predicted molar refractivity (Wildman–Crippen MR) is 191 cm³/mol. The molecule has 2 aliphatic heterocycles. The summed E-state index contributed by atoms with van der Waals surface area (Å²) in [6.07, 6.45) is 12.6. The summed E-state index contributed by atoms with van der Waals surface area (Å²) in [5, 5.41) is 5.89. The number of likely N-dealkylation sites (tertiary alicyclic amines) is 1. The Balaban J connectivity index is 0.845. The van der Waals surface area contributed by atoms with E-state index in [0.29, 0.717) is 34.0 Å². The molecule has 2 atom stereocenters. The van der Waals surface area contributed by atoms with Crippen LogP contribution in [0.25, 0.3) is 0 Å². The van der Waals surface area contributed by atoms with Gasteiger partial charge in [0.25, 0.3) is 5.91 Å².